The summed E-state index contributed by atoms with van der Waals surface area (Å²) in [7, 11) is 0.370. The predicted octanol–water partition coefficient (Wildman–Crippen LogP) is 4.73. The Bertz CT molecular complexity index is 1530. The summed E-state index contributed by atoms with van der Waals surface area (Å²) in [5, 5.41) is 0.185. The number of ether oxygens (including phenoxy) is 1. The zero-order valence-corrected chi connectivity index (χ0v) is 22.1. The average Bonchev–Trinajstić information content (AvgIpc) is 3.31. The average molecular weight is 542 g/mol. The minimum atomic E-state index is -1.12. The maximum absolute atomic E-state index is 13.6. The van der Waals surface area contributed by atoms with Crippen LogP contribution in [0.25, 0.3) is 5.69 Å². The van der Waals surface area contributed by atoms with Crippen LogP contribution in [-0.2, 0) is 10.8 Å². The molecule has 192 valence electrons. The molecule has 0 fully saturated rings. The molecule has 0 saturated carbocycles. The van der Waals surface area contributed by atoms with Crippen LogP contribution in [0, 0.1) is 12.7 Å². The number of pyridine rings is 1. The largest absolute Gasteiger partial charge is 0.495 e. The third-order valence-corrected chi connectivity index (χ3v) is 6.97. The topological polar surface area (TPSA) is 83.2 Å². The number of halogens is 2. The molecule has 0 aliphatic carbocycles. The Balaban J connectivity index is 1.77. The van der Waals surface area contributed by atoms with Crippen molar-refractivity contribution in [1.29, 1.82) is 0 Å². The predicted molar refractivity (Wildman–Crippen MR) is 142 cm³/mol. The summed E-state index contributed by atoms with van der Waals surface area (Å²) in [4.78, 5) is 31.3. The van der Waals surface area contributed by atoms with E-state index < -0.39 is 34.0 Å². The minimum absolute atomic E-state index is 0.120. The molecule has 4 aromatic rings. The summed E-state index contributed by atoms with van der Waals surface area (Å²) in [5.74, 6) is -0.208. The normalized spacial score (nSPS) is 12.8. The fourth-order valence-electron chi connectivity index (χ4n) is 4.13. The van der Waals surface area contributed by atoms with E-state index in [1.54, 1.807) is 47.5 Å². The fraction of sp³-hybridized carbons (Fsp3) is 0.222. The highest BCUT2D eigenvalue weighted by atomic mass is 35.5. The van der Waals surface area contributed by atoms with Crippen molar-refractivity contribution in [2.75, 3.05) is 19.1 Å². The Morgan fingerprint density at radius 2 is 1.89 bits per heavy atom. The van der Waals surface area contributed by atoms with E-state index in [1.807, 2.05) is 13.1 Å². The zero-order valence-electron chi connectivity index (χ0n) is 20.5. The number of hydrogen-bond acceptors (Lipinski definition) is 5. The van der Waals surface area contributed by atoms with Gasteiger partial charge in [-0.25, -0.2) is 9.37 Å². The molecule has 0 radical (unpaired) electrons. The van der Waals surface area contributed by atoms with Gasteiger partial charge in [0, 0.05) is 40.8 Å². The van der Waals surface area contributed by atoms with Crippen LogP contribution in [0.2, 0.25) is 5.02 Å². The standard InChI is InChI=1S/C27H25ClFN3O4S/c1-17-14-31(16-30-17)24-9-6-19(12-25(24)36-2)26(33)22-13-20(28)15-32(27(22)34)23(10-11-37(3)35)18-4-7-21(29)8-5-18/h4-9,12-16,23H,10-11H2,1-3H3. The molecule has 10 heteroatoms. The molecule has 7 nitrogen and oxygen atoms in total. The number of imidazole rings is 1. The molecule has 0 amide bonds. The van der Waals surface area contributed by atoms with Gasteiger partial charge in [0.05, 0.1) is 41.4 Å². The summed E-state index contributed by atoms with van der Waals surface area (Å²) in [5.41, 5.74) is 1.72. The number of aryl methyl sites for hydroxylation is 1. The van der Waals surface area contributed by atoms with Gasteiger partial charge in [-0.2, -0.15) is 0 Å². The first-order valence-electron chi connectivity index (χ1n) is 11.4. The van der Waals surface area contributed by atoms with Crippen molar-refractivity contribution in [2.45, 2.75) is 19.4 Å². The number of nitrogens with zero attached hydrogens (tertiary/aromatic N) is 3. The van der Waals surface area contributed by atoms with E-state index >= 15 is 0 Å². The van der Waals surface area contributed by atoms with Gasteiger partial charge < -0.3 is 13.9 Å². The van der Waals surface area contributed by atoms with Crippen molar-refractivity contribution in [3.8, 4) is 11.4 Å². The summed E-state index contributed by atoms with van der Waals surface area (Å²) < 4.78 is 34.0. The number of benzene rings is 2. The van der Waals surface area contributed by atoms with Crippen LogP contribution >= 0.6 is 11.6 Å². The van der Waals surface area contributed by atoms with Gasteiger partial charge in [0.15, 0.2) is 5.78 Å². The van der Waals surface area contributed by atoms with Crippen molar-refractivity contribution in [2.24, 2.45) is 0 Å². The second-order valence-electron chi connectivity index (χ2n) is 8.56. The van der Waals surface area contributed by atoms with Gasteiger partial charge in [0.2, 0.25) is 0 Å². The molecule has 0 bridgehead atoms. The number of carbonyl (C=O) groups excluding carboxylic acids is 1. The van der Waals surface area contributed by atoms with E-state index in [0.29, 0.717) is 29.2 Å². The van der Waals surface area contributed by atoms with Crippen LogP contribution < -0.4 is 10.3 Å². The van der Waals surface area contributed by atoms with E-state index in [4.69, 9.17) is 16.3 Å². The maximum atomic E-state index is 13.6. The van der Waals surface area contributed by atoms with Gasteiger partial charge in [-0.1, -0.05) is 23.7 Å². The lowest BCUT2D eigenvalue weighted by atomic mass is 10.0. The summed E-state index contributed by atoms with van der Waals surface area (Å²) in [6.45, 7) is 1.86. The van der Waals surface area contributed by atoms with Crippen molar-refractivity contribution in [1.82, 2.24) is 14.1 Å². The van der Waals surface area contributed by atoms with Crippen LogP contribution in [-0.4, -0.2) is 43.2 Å². The van der Waals surface area contributed by atoms with E-state index in [2.05, 4.69) is 4.98 Å². The van der Waals surface area contributed by atoms with Gasteiger partial charge >= 0.3 is 0 Å². The molecule has 2 unspecified atom stereocenters. The minimum Gasteiger partial charge on any atom is -0.495 e. The second kappa shape index (κ2) is 11.2. The quantitative estimate of drug-likeness (QED) is 0.286. The second-order valence-corrected chi connectivity index (χ2v) is 10.5. The Morgan fingerprint density at radius 3 is 2.51 bits per heavy atom. The van der Waals surface area contributed by atoms with Crippen LogP contribution in [0.15, 0.2) is 72.0 Å². The molecule has 0 N–H and O–H groups in total. The van der Waals surface area contributed by atoms with E-state index in [0.717, 1.165) is 5.69 Å². The third kappa shape index (κ3) is 5.89. The van der Waals surface area contributed by atoms with Gasteiger partial charge in [-0.15, -0.1) is 0 Å². The van der Waals surface area contributed by atoms with Gasteiger partial charge in [-0.3, -0.25) is 13.8 Å². The molecule has 2 aromatic carbocycles. The molecule has 2 atom stereocenters. The van der Waals surface area contributed by atoms with Crippen LogP contribution in [0.1, 0.15) is 39.6 Å². The Kier molecular flexibility index (Phi) is 8.04. The molecule has 4 rings (SSSR count). The van der Waals surface area contributed by atoms with Gasteiger partial charge in [0.1, 0.15) is 11.6 Å². The molecule has 0 spiro atoms. The molecule has 0 saturated heterocycles. The highest BCUT2D eigenvalue weighted by molar-refractivity contribution is 7.84. The van der Waals surface area contributed by atoms with Crippen molar-refractivity contribution < 1.29 is 18.1 Å². The first-order chi connectivity index (χ1) is 17.7. The van der Waals surface area contributed by atoms with E-state index in [1.165, 1.54) is 36.1 Å². The van der Waals surface area contributed by atoms with Gasteiger partial charge in [-0.05, 0) is 55.3 Å². The number of ketones is 1. The summed E-state index contributed by atoms with van der Waals surface area (Å²) >= 11 is 6.37. The molecule has 37 heavy (non-hydrogen) atoms. The highest BCUT2D eigenvalue weighted by Gasteiger charge is 2.23. The number of rotatable bonds is 9. The molecular weight excluding hydrogens is 517 g/mol. The lowest BCUT2D eigenvalue weighted by Crippen LogP contribution is -2.31. The smallest absolute Gasteiger partial charge is 0.262 e. The summed E-state index contributed by atoms with van der Waals surface area (Å²) in [6, 6.07) is 11.3. The Hall–Kier alpha value is -3.56. The van der Waals surface area contributed by atoms with Crippen LogP contribution in [0.3, 0.4) is 0 Å². The van der Waals surface area contributed by atoms with Crippen molar-refractivity contribution >= 4 is 28.2 Å². The lowest BCUT2D eigenvalue weighted by Gasteiger charge is -2.21. The first-order valence-corrected chi connectivity index (χ1v) is 13.5. The zero-order chi connectivity index (χ0) is 26.7. The van der Waals surface area contributed by atoms with Crippen molar-refractivity contribution in [3.63, 3.8) is 0 Å². The molecular formula is C27H25ClFN3O4S. The molecule has 0 aliphatic rings. The summed E-state index contributed by atoms with van der Waals surface area (Å²) in [6.07, 6.45) is 6.81. The number of methoxy groups -OCH3 is 1. The molecule has 2 heterocycles. The Labute approximate surface area is 221 Å². The third-order valence-electron chi connectivity index (χ3n) is 5.96. The fourth-order valence-corrected chi connectivity index (χ4v) is 4.90. The maximum Gasteiger partial charge on any atom is 0.262 e. The van der Waals surface area contributed by atoms with Crippen molar-refractivity contribution in [3.05, 3.63) is 111 Å². The van der Waals surface area contributed by atoms with Crippen LogP contribution in [0.5, 0.6) is 5.75 Å². The highest BCUT2D eigenvalue weighted by Crippen LogP contribution is 2.27. The number of hydrogen-bond donors (Lipinski definition) is 0. The molecule has 2 aromatic heterocycles. The van der Waals surface area contributed by atoms with E-state index in [9.17, 15) is 18.2 Å². The van der Waals surface area contributed by atoms with Crippen LogP contribution in [0.4, 0.5) is 4.39 Å². The first kappa shape index (κ1) is 26.5. The lowest BCUT2D eigenvalue weighted by molar-refractivity contribution is 0.103. The van der Waals surface area contributed by atoms with Gasteiger partial charge in [0.25, 0.3) is 5.56 Å². The SMILES string of the molecule is COc1cc(C(=O)c2cc(Cl)cn(C(CCS(C)=O)c3ccc(F)cc3)c2=O)ccc1-n1cnc(C)c1. The van der Waals surface area contributed by atoms with E-state index in [-0.39, 0.29) is 16.1 Å². The Morgan fingerprint density at radius 1 is 1.16 bits per heavy atom. The monoisotopic (exact) mass is 541 g/mol. The number of carbonyl (C=O) groups is 1. The number of aromatic nitrogens is 3. The molecule has 0 aliphatic heterocycles.